The largest absolute Gasteiger partial charge is 0.406 e. The summed E-state index contributed by atoms with van der Waals surface area (Å²) < 4.78 is 51.0. The standard InChI is InChI=1S/C11H10F4N2O2/c12-8-1-2-9(17(18)19)7(5-8)6-16-10(3-4-10)11(13,14)15/h1-2,5,16H,3-4,6H2. The normalized spacial score (nSPS) is 17.3. The van der Waals surface area contributed by atoms with Gasteiger partial charge in [0, 0.05) is 18.2 Å². The highest BCUT2D eigenvalue weighted by Crippen LogP contribution is 2.49. The highest BCUT2D eigenvalue weighted by Gasteiger charge is 2.63. The van der Waals surface area contributed by atoms with Crippen LogP contribution in [0.15, 0.2) is 18.2 Å². The summed E-state index contributed by atoms with van der Waals surface area (Å²) in [5, 5.41) is 13.0. The fraction of sp³-hybridized carbons (Fsp3) is 0.455. The molecule has 0 saturated heterocycles. The summed E-state index contributed by atoms with van der Waals surface area (Å²) in [5.74, 6) is -0.723. The summed E-state index contributed by atoms with van der Waals surface area (Å²) in [6.45, 7) is -0.395. The molecular weight excluding hydrogens is 268 g/mol. The van der Waals surface area contributed by atoms with Gasteiger partial charge in [0.1, 0.15) is 11.4 Å². The lowest BCUT2D eigenvalue weighted by Gasteiger charge is -2.20. The fourth-order valence-corrected chi connectivity index (χ4v) is 1.82. The van der Waals surface area contributed by atoms with E-state index in [0.717, 1.165) is 18.2 Å². The molecule has 0 unspecified atom stereocenters. The topological polar surface area (TPSA) is 55.2 Å². The van der Waals surface area contributed by atoms with Gasteiger partial charge in [-0.3, -0.25) is 15.4 Å². The maximum Gasteiger partial charge on any atom is 0.406 e. The molecular formula is C11H10F4N2O2. The summed E-state index contributed by atoms with van der Waals surface area (Å²) in [5.41, 5.74) is -2.47. The summed E-state index contributed by atoms with van der Waals surface area (Å²) in [6, 6.07) is 2.72. The average molecular weight is 278 g/mol. The van der Waals surface area contributed by atoms with Gasteiger partial charge >= 0.3 is 6.18 Å². The van der Waals surface area contributed by atoms with E-state index in [1.807, 2.05) is 0 Å². The SMILES string of the molecule is O=[N+]([O-])c1ccc(F)cc1CNC1(C(F)(F)F)CC1. The maximum atomic E-state index is 13.0. The van der Waals surface area contributed by atoms with Crippen molar-refractivity contribution in [1.82, 2.24) is 5.32 Å². The van der Waals surface area contributed by atoms with Gasteiger partial charge in [0.25, 0.3) is 5.69 Å². The minimum absolute atomic E-state index is 0.0698. The van der Waals surface area contributed by atoms with Crippen LogP contribution in [-0.4, -0.2) is 16.6 Å². The Balaban J connectivity index is 2.16. The second-order valence-electron chi connectivity index (χ2n) is 4.46. The van der Waals surface area contributed by atoms with Gasteiger partial charge in [0.15, 0.2) is 0 Å². The molecule has 0 heterocycles. The van der Waals surface area contributed by atoms with Gasteiger partial charge in [0.2, 0.25) is 0 Å². The molecule has 1 aliphatic carbocycles. The molecule has 1 aromatic carbocycles. The van der Waals surface area contributed by atoms with Crippen molar-refractivity contribution in [2.24, 2.45) is 0 Å². The third kappa shape index (κ3) is 2.67. The number of halogens is 4. The van der Waals surface area contributed by atoms with E-state index in [9.17, 15) is 27.7 Å². The first-order valence-electron chi connectivity index (χ1n) is 5.50. The lowest BCUT2D eigenvalue weighted by atomic mass is 10.1. The molecule has 0 atom stereocenters. The predicted molar refractivity (Wildman–Crippen MR) is 57.9 cm³/mol. The van der Waals surface area contributed by atoms with Crippen molar-refractivity contribution in [3.63, 3.8) is 0 Å². The molecule has 1 N–H and O–H groups in total. The van der Waals surface area contributed by atoms with Crippen molar-refractivity contribution in [3.8, 4) is 0 Å². The Morgan fingerprint density at radius 2 is 2.00 bits per heavy atom. The Morgan fingerprint density at radius 3 is 2.47 bits per heavy atom. The molecule has 0 aliphatic heterocycles. The van der Waals surface area contributed by atoms with Crippen LogP contribution < -0.4 is 5.32 Å². The van der Waals surface area contributed by atoms with Crippen LogP contribution in [0.25, 0.3) is 0 Å². The highest BCUT2D eigenvalue weighted by atomic mass is 19.4. The van der Waals surface area contributed by atoms with E-state index in [1.165, 1.54) is 0 Å². The average Bonchev–Trinajstić information content (AvgIpc) is 3.06. The fourth-order valence-electron chi connectivity index (χ4n) is 1.82. The number of benzene rings is 1. The molecule has 1 fully saturated rings. The van der Waals surface area contributed by atoms with Crippen molar-refractivity contribution in [3.05, 3.63) is 39.7 Å². The molecule has 19 heavy (non-hydrogen) atoms. The van der Waals surface area contributed by atoms with E-state index < -0.39 is 34.7 Å². The molecule has 0 radical (unpaired) electrons. The first kappa shape index (κ1) is 13.7. The zero-order valence-electron chi connectivity index (χ0n) is 9.63. The molecule has 2 rings (SSSR count). The van der Waals surface area contributed by atoms with E-state index in [2.05, 4.69) is 5.32 Å². The molecule has 0 bridgehead atoms. The van der Waals surface area contributed by atoms with Crippen LogP contribution in [0.5, 0.6) is 0 Å². The van der Waals surface area contributed by atoms with E-state index in [4.69, 9.17) is 0 Å². The van der Waals surface area contributed by atoms with Crippen molar-refractivity contribution >= 4 is 5.69 Å². The van der Waals surface area contributed by atoms with Gasteiger partial charge in [0.05, 0.1) is 4.92 Å². The molecule has 1 aliphatic rings. The minimum atomic E-state index is -4.41. The van der Waals surface area contributed by atoms with Gasteiger partial charge in [-0.1, -0.05) is 0 Å². The number of alkyl halides is 3. The molecule has 0 spiro atoms. The number of nitrogens with zero attached hydrogens (tertiary/aromatic N) is 1. The first-order valence-corrected chi connectivity index (χ1v) is 5.50. The third-order valence-corrected chi connectivity index (χ3v) is 3.15. The zero-order chi connectivity index (χ0) is 14.3. The number of nitrogens with one attached hydrogen (secondary N) is 1. The van der Waals surface area contributed by atoms with Crippen LogP contribution in [0.1, 0.15) is 18.4 Å². The van der Waals surface area contributed by atoms with Crippen LogP contribution >= 0.6 is 0 Å². The second-order valence-corrected chi connectivity index (χ2v) is 4.46. The Hall–Kier alpha value is -1.70. The number of nitro groups is 1. The quantitative estimate of drug-likeness (QED) is 0.523. The Labute approximate surface area is 105 Å². The Bertz CT molecular complexity index is 512. The molecule has 1 aromatic rings. The van der Waals surface area contributed by atoms with Gasteiger partial charge in [-0.15, -0.1) is 0 Å². The summed E-state index contributed by atoms with van der Waals surface area (Å²) in [6.07, 6.45) is -4.55. The van der Waals surface area contributed by atoms with Gasteiger partial charge < -0.3 is 0 Å². The summed E-state index contributed by atoms with van der Waals surface area (Å²) in [4.78, 5) is 9.96. The monoisotopic (exact) mass is 278 g/mol. The molecule has 0 aromatic heterocycles. The number of rotatable bonds is 4. The molecule has 0 amide bonds. The van der Waals surface area contributed by atoms with E-state index in [1.54, 1.807) is 0 Å². The molecule has 4 nitrogen and oxygen atoms in total. The molecule has 1 saturated carbocycles. The molecule has 104 valence electrons. The van der Waals surface area contributed by atoms with E-state index in [-0.39, 0.29) is 18.4 Å². The van der Waals surface area contributed by atoms with Gasteiger partial charge in [-0.05, 0) is 25.0 Å². The minimum Gasteiger partial charge on any atom is -0.299 e. The smallest absolute Gasteiger partial charge is 0.299 e. The lowest BCUT2D eigenvalue weighted by molar-refractivity contribution is -0.385. The zero-order valence-corrected chi connectivity index (χ0v) is 9.63. The summed E-state index contributed by atoms with van der Waals surface area (Å²) >= 11 is 0. The van der Waals surface area contributed by atoms with E-state index in [0.29, 0.717) is 0 Å². The molecule has 8 heteroatoms. The van der Waals surface area contributed by atoms with Crippen LogP contribution in [0.2, 0.25) is 0 Å². The number of hydrogen-bond acceptors (Lipinski definition) is 3. The predicted octanol–water partition coefficient (Wildman–Crippen LogP) is 2.92. The lowest BCUT2D eigenvalue weighted by Crippen LogP contribution is -2.44. The van der Waals surface area contributed by atoms with Crippen molar-refractivity contribution in [1.29, 1.82) is 0 Å². The maximum absolute atomic E-state index is 13.0. The number of hydrogen-bond donors (Lipinski definition) is 1. The summed E-state index contributed by atoms with van der Waals surface area (Å²) in [7, 11) is 0. The third-order valence-electron chi connectivity index (χ3n) is 3.15. The van der Waals surface area contributed by atoms with E-state index >= 15 is 0 Å². The second kappa shape index (κ2) is 4.44. The van der Waals surface area contributed by atoms with Crippen LogP contribution in [0.4, 0.5) is 23.2 Å². The van der Waals surface area contributed by atoms with Crippen LogP contribution in [-0.2, 0) is 6.54 Å². The van der Waals surface area contributed by atoms with Gasteiger partial charge in [-0.2, -0.15) is 13.2 Å². The first-order chi connectivity index (χ1) is 8.75. The van der Waals surface area contributed by atoms with Crippen LogP contribution in [0.3, 0.4) is 0 Å². The Morgan fingerprint density at radius 1 is 1.37 bits per heavy atom. The highest BCUT2D eigenvalue weighted by molar-refractivity contribution is 5.40. The van der Waals surface area contributed by atoms with Gasteiger partial charge in [-0.25, -0.2) is 4.39 Å². The van der Waals surface area contributed by atoms with Crippen molar-refractivity contribution in [2.45, 2.75) is 31.1 Å². The Kier molecular flexibility index (Phi) is 3.21. The van der Waals surface area contributed by atoms with Crippen LogP contribution in [0, 0.1) is 15.9 Å². The number of nitro benzene ring substituents is 1. The van der Waals surface area contributed by atoms with Crippen molar-refractivity contribution < 1.29 is 22.5 Å². The van der Waals surface area contributed by atoms with Crippen molar-refractivity contribution in [2.75, 3.05) is 0 Å².